The zero-order valence-corrected chi connectivity index (χ0v) is 21.2. The Hall–Kier alpha value is -2.61. The van der Waals surface area contributed by atoms with E-state index < -0.39 is 63.0 Å². The molecule has 1 aliphatic rings. The number of hydrogen-bond donors (Lipinski definition) is 3. The quantitative estimate of drug-likeness (QED) is 0.283. The molecule has 37 heavy (non-hydrogen) atoms. The van der Waals surface area contributed by atoms with E-state index in [1.54, 1.807) is 42.4 Å². The number of carbonyl (C=O) groups is 1. The number of methoxy groups -OCH3 is 1. The van der Waals surface area contributed by atoms with Crippen LogP contribution in [0.3, 0.4) is 0 Å². The van der Waals surface area contributed by atoms with Crippen LogP contribution in [0.1, 0.15) is 26.5 Å². The highest BCUT2D eigenvalue weighted by atomic mass is 31.2. The standard InChI is InChI=1S/C18H19F3N3O7P.C4H10O/c19-12-9-24(17(28)23-14(12)27)15-13(26)8-18(30-15,16(20)21)10-29-32(22-6-7-25)31-11-4-2-1-3-5-11;1-4(2)5-3/h1-5,7,9,13,15-16,22,26H,6,8,10H2,(H,23,27,28);4H,1-3H3. The molecule has 15 heteroatoms. The van der Waals surface area contributed by atoms with Gasteiger partial charge in [0.2, 0.25) is 5.82 Å². The van der Waals surface area contributed by atoms with Crippen LogP contribution >= 0.6 is 8.53 Å². The van der Waals surface area contributed by atoms with E-state index in [1.165, 1.54) is 0 Å². The molecule has 1 aromatic heterocycles. The van der Waals surface area contributed by atoms with Crippen molar-refractivity contribution in [2.24, 2.45) is 0 Å². The molecule has 2 heterocycles. The average molecular weight is 551 g/mol. The van der Waals surface area contributed by atoms with Crippen LogP contribution < -0.4 is 20.9 Å². The summed E-state index contributed by atoms with van der Waals surface area (Å²) in [6.45, 7) is 3.03. The largest absolute Gasteiger partial charge is 0.436 e. The van der Waals surface area contributed by atoms with Crippen molar-refractivity contribution in [1.82, 2.24) is 14.6 Å². The van der Waals surface area contributed by atoms with Gasteiger partial charge >= 0.3 is 14.2 Å². The molecule has 4 unspecified atom stereocenters. The van der Waals surface area contributed by atoms with E-state index in [1.807, 2.05) is 13.8 Å². The molecule has 0 radical (unpaired) electrons. The summed E-state index contributed by atoms with van der Waals surface area (Å²) in [5, 5.41) is 12.9. The fourth-order valence-electron chi connectivity index (χ4n) is 2.97. The van der Waals surface area contributed by atoms with Crippen molar-refractivity contribution >= 4 is 14.8 Å². The van der Waals surface area contributed by atoms with Gasteiger partial charge in [-0.2, -0.15) is 4.39 Å². The number of nitrogens with one attached hydrogen (secondary N) is 2. The van der Waals surface area contributed by atoms with E-state index in [-0.39, 0.29) is 6.54 Å². The molecule has 1 fully saturated rings. The lowest BCUT2D eigenvalue weighted by molar-refractivity contribution is -0.169. The molecule has 0 amide bonds. The molecule has 11 nitrogen and oxygen atoms in total. The fourth-order valence-corrected chi connectivity index (χ4v) is 4.05. The third kappa shape index (κ3) is 8.73. The van der Waals surface area contributed by atoms with Gasteiger partial charge in [-0.25, -0.2) is 18.7 Å². The first kappa shape index (κ1) is 30.6. The number of aromatic amines is 1. The molecule has 0 bridgehead atoms. The van der Waals surface area contributed by atoms with Gasteiger partial charge in [0.25, 0.3) is 12.0 Å². The molecule has 1 aromatic carbocycles. The molecule has 0 aliphatic carbocycles. The molecular formula is C22H29F3N3O8P. The number of aldehydes is 1. The van der Waals surface area contributed by atoms with Crippen molar-refractivity contribution < 1.29 is 41.6 Å². The number of para-hydroxylation sites is 1. The highest BCUT2D eigenvalue weighted by molar-refractivity contribution is 7.45. The van der Waals surface area contributed by atoms with Crippen LogP contribution in [0, 0.1) is 5.82 Å². The molecule has 206 valence electrons. The van der Waals surface area contributed by atoms with Crippen molar-refractivity contribution in [2.75, 3.05) is 20.3 Å². The number of aromatic nitrogens is 2. The van der Waals surface area contributed by atoms with Gasteiger partial charge in [0.05, 0.1) is 25.5 Å². The van der Waals surface area contributed by atoms with E-state index in [4.69, 9.17) is 18.5 Å². The van der Waals surface area contributed by atoms with Crippen molar-refractivity contribution in [2.45, 2.75) is 50.7 Å². The minimum absolute atomic E-state index is 0.182. The molecule has 2 aromatic rings. The van der Waals surface area contributed by atoms with Crippen LogP contribution in [0.25, 0.3) is 0 Å². The number of ether oxygens (including phenoxy) is 2. The predicted molar refractivity (Wildman–Crippen MR) is 127 cm³/mol. The summed E-state index contributed by atoms with van der Waals surface area (Å²) in [4.78, 5) is 35.5. The number of nitrogens with zero attached hydrogens (tertiary/aromatic N) is 1. The van der Waals surface area contributed by atoms with Crippen molar-refractivity contribution in [3.63, 3.8) is 0 Å². The zero-order chi connectivity index (χ0) is 27.6. The third-order valence-corrected chi connectivity index (χ3v) is 6.15. The molecule has 0 spiro atoms. The Bertz CT molecular complexity index is 1100. The third-order valence-electron chi connectivity index (χ3n) is 4.97. The second-order valence-corrected chi connectivity index (χ2v) is 9.31. The second kappa shape index (κ2) is 14.4. The van der Waals surface area contributed by atoms with Gasteiger partial charge in [-0.1, -0.05) is 18.2 Å². The molecule has 4 atom stereocenters. The molecule has 1 aliphatic heterocycles. The summed E-state index contributed by atoms with van der Waals surface area (Å²) in [5.41, 5.74) is -4.82. The van der Waals surface area contributed by atoms with Crippen molar-refractivity contribution in [3.8, 4) is 5.75 Å². The van der Waals surface area contributed by atoms with Gasteiger partial charge in [0.15, 0.2) is 11.8 Å². The number of aliphatic hydroxyl groups excluding tert-OH is 1. The number of rotatable bonds is 11. The number of benzene rings is 1. The minimum Gasteiger partial charge on any atom is -0.436 e. The number of carbonyl (C=O) groups excluding carboxylic acids is 1. The molecule has 1 saturated heterocycles. The van der Waals surface area contributed by atoms with Crippen LogP contribution in [0.2, 0.25) is 0 Å². The van der Waals surface area contributed by atoms with Crippen LogP contribution in [-0.2, 0) is 18.8 Å². The SMILES string of the molecule is COC(C)C.O=CCNP(OCC1(C(F)F)CC(O)C(n2cc(F)c(=O)[nH]c2=O)O1)Oc1ccccc1. The first-order chi connectivity index (χ1) is 17.5. The average Bonchev–Trinajstić information content (AvgIpc) is 3.21. The summed E-state index contributed by atoms with van der Waals surface area (Å²) < 4.78 is 63.1. The number of alkyl halides is 2. The molecule has 3 rings (SSSR count). The number of H-pyrrole nitrogens is 1. The maximum absolute atomic E-state index is 14.0. The molecule has 0 saturated carbocycles. The van der Waals surface area contributed by atoms with Gasteiger partial charge in [-0.3, -0.25) is 14.3 Å². The van der Waals surface area contributed by atoms with Crippen LogP contribution in [-0.4, -0.2) is 65.4 Å². The lowest BCUT2D eigenvalue weighted by Crippen LogP contribution is -2.43. The molecular weight excluding hydrogens is 522 g/mol. The van der Waals surface area contributed by atoms with E-state index in [9.17, 15) is 32.7 Å². The lowest BCUT2D eigenvalue weighted by atomic mass is 10.0. The Morgan fingerprint density at radius 3 is 2.54 bits per heavy atom. The highest BCUT2D eigenvalue weighted by Crippen LogP contribution is 2.44. The van der Waals surface area contributed by atoms with Gasteiger partial charge in [0, 0.05) is 13.5 Å². The Morgan fingerprint density at radius 1 is 1.32 bits per heavy atom. The highest BCUT2D eigenvalue weighted by Gasteiger charge is 2.54. The van der Waals surface area contributed by atoms with Gasteiger partial charge < -0.3 is 28.4 Å². The van der Waals surface area contributed by atoms with E-state index in [2.05, 4.69) is 5.09 Å². The smallest absolute Gasteiger partial charge is 0.330 e. The van der Waals surface area contributed by atoms with Gasteiger partial charge in [0.1, 0.15) is 18.1 Å². The van der Waals surface area contributed by atoms with Crippen molar-refractivity contribution in [3.05, 3.63) is 63.2 Å². The van der Waals surface area contributed by atoms with Crippen LogP contribution in [0.5, 0.6) is 5.75 Å². The monoisotopic (exact) mass is 551 g/mol. The lowest BCUT2D eigenvalue weighted by Gasteiger charge is -2.29. The maximum Gasteiger partial charge on any atom is 0.330 e. The Kier molecular flexibility index (Phi) is 11.9. The number of halogens is 3. The van der Waals surface area contributed by atoms with Crippen molar-refractivity contribution in [1.29, 1.82) is 0 Å². The Balaban J connectivity index is 0.000000877. The first-order valence-corrected chi connectivity index (χ1v) is 12.2. The molecule has 3 N–H and O–H groups in total. The second-order valence-electron chi connectivity index (χ2n) is 8.04. The number of hydrogen-bond acceptors (Lipinski definition) is 9. The van der Waals surface area contributed by atoms with Crippen LogP contribution in [0.15, 0.2) is 46.1 Å². The van der Waals surface area contributed by atoms with Gasteiger partial charge in [-0.15, -0.1) is 0 Å². The maximum atomic E-state index is 14.0. The first-order valence-electron chi connectivity index (χ1n) is 11.0. The summed E-state index contributed by atoms with van der Waals surface area (Å²) in [5.74, 6) is -1.01. The van der Waals surface area contributed by atoms with E-state index in [0.29, 0.717) is 28.9 Å². The Morgan fingerprint density at radius 2 is 1.97 bits per heavy atom. The summed E-state index contributed by atoms with van der Waals surface area (Å²) in [7, 11) is -0.367. The summed E-state index contributed by atoms with van der Waals surface area (Å²) >= 11 is 0. The van der Waals surface area contributed by atoms with E-state index >= 15 is 0 Å². The Labute approximate surface area is 211 Å². The minimum atomic E-state index is -3.18. The zero-order valence-electron chi connectivity index (χ0n) is 20.3. The van der Waals surface area contributed by atoms with Crippen LogP contribution in [0.4, 0.5) is 13.2 Å². The normalized spacial score (nSPS) is 22.0. The predicted octanol–water partition coefficient (Wildman–Crippen LogP) is 2.11. The summed E-state index contributed by atoms with van der Waals surface area (Å²) in [6, 6.07) is 8.26. The fraction of sp³-hybridized carbons (Fsp3) is 0.500. The topological polar surface area (TPSA) is 141 Å². The van der Waals surface area contributed by atoms with Gasteiger partial charge in [-0.05, 0) is 26.0 Å². The summed E-state index contributed by atoms with van der Waals surface area (Å²) in [6.07, 6.45) is -5.80. The number of aliphatic hydroxyl groups is 1. The van der Waals surface area contributed by atoms with E-state index in [0.717, 1.165) is 0 Å².